The smallest absolute Gasteiger partial charge is 0.204 e. The molecule has 6 heteroatoms. The van der Waals surface area contributed by atoms with Crippen LogP contribution in [0.1, 0.15) is 39.0 Å². The lowest BCUT2D eigenvalue weighted by molar-refractivity contribution is 0.414. The molecule has 0 saturated heterocycles. The monoisotopic (exact) mass is 312 g/mol. The molecule has 1 heterocycles. The number of thioether (sulfide) groups is 1. The van der Waals surface area contributed by atoms with E-state index in [2.05, 4.69) is 33.8 Å². The van der Waals surface area contributed by atoms with Gasteiger partial charge in [0.1, 0.15) is 6.33 Å². The van der Waals surface area contributed by atoms with Gasteiger partial charge in [-0.3, -0.25) is 0 Å². The predicted molar refractivity (Wildman–Crippen MR) is 92.7 cm³/mol. The van der Waals surface area contributed by atoms with Gasteiger partial charge in [-0.25, -0.2) is 9.97 Å². The Labute approximate surface area is 132 Å². The third-order valence-corrected chi connectivity index (χ3v) is 3.81. The Kier molecular flexibility index (Phi) is 9.78. The Morgan fingerprint density at radius 2 is 1.71 bits per heavy atom. The Hall–Kier alpha value is -1.17. The van der Waals surface area contributed by atoms with Crippen molar-refractivity contribution >= 4 is 23.4 Å². The topological polar surface area (TPSA) is 59.1 Å². The molecule has 5 nitrogen and oxygen atoms in total. The molecule has 0 saturated carbocycles. The minimum absolute atomic E-state index is 0.702. The first kappa shape index (κ1) is 17.9. The molecule has 0 aliphatic rings. The maximum absolute atomic E-state index is 5.43. The highest BCUT2D eigenvalue weighted by molar-refractivity contribution is 7.98. The van der Waals surface area contributed by atoms with E-state index in [9.17, 15) is 0 Å². The van der Waals surface area contributed by atoms with Gasteiger partial charge < -0.3 is 15.4 Å². The lowest BCUT2D eigenvalue weighted by Gasteiger charge is -2.13. The van der Waals surface area contributed by atoms with Gasteiger partial charge in [0, 0.05) is 13.1 Å². The summed E-state index contributed by atoms with van der Waals surface area (Å²) in [5, 5.41) is 6.61. The van der Waals surface area contributed by atoms with E-state index in [1.807, 2.05) is 11.8 Å². The highest BCUT2D eigenvalue weighted by Gasteiger charge is 2.10. The molecule has 0 unspecified atom stereocenters. The third kappa shape index (κ3) is 6.89. The summed E-state index contributed by atoms with van der Waals surface area (Å²) in [5.41, 5.74) is 0. The van der Waals surface area contributed by atoms with E-state index in [1.165, 1.54) is 25.0 Å². The lowest BCUT2D eigenvalue weighted by atomic mass is 10.2. The maximum Gasteiger partial charge on any atom is 0.204 e. The van der Waals surface area contributed by atoms with Crippen molar-refractivity contribution in [1.82, 2.24) is 9.97 Å². The first-order valence-corrected chi connectivity index (χ1v) is 9.08. The van der Waals surface area contributed by atoms with E-state index in [0.29, 0.717) is 5.75 Å². The standard InChI is InChI=1S/C15H28N4OS/c1-4-9-16-14-13(20-2)15(19-12-18-14)17-10-7-5-6-8-11-21-3/h12H,4-11H2,1-3H3,(H2,16,17,18,19). The molecule has 120 valence electrons. The molecule has 1 rings (SSSR count). The van der Waals surface area contributed by atoms with Gasteiger partial charge in [-0.1, -0.05) is 19.8 Å². The number of unbranched alkanes of at least 4 members (excludes halogenated alkanes) is 3. The normalized spacial score (nSPS) is 10.4. The molecule has 21 heavy (non-hydrogen) atoms. The van der Waals surface area contributed by atoms with Gasteiger partial charge in [-0.15, -0.1) is 0 Å². The Morgan fingerprint density at radius 3 is 2.33 bits per heavy atom. The first-order valence-electron chi connectivity index (χ1n) is 7.69. The second-order valence-electron chi connectivity index (χ2n) is 4.86. The molecule has 1 aromatic rings. The number of methoxy groups -OCH3 is 1. The molecule has 0 aliphatic heterocycles. The first-order chi connectivity index (χ1) is 10.3. The van der Waals surface area contributed by atoms with Crippen LogP contribution in [0, 0.1) is 0 Å². The van der Waals surface area contributed by atoms with Crippen molar-refractivity contribution in [3.8, 4) is 5.75 Å². The van der Waals surface area contributed by atoms with Crippen LogP contribution in [0.25, 0.3) is 0 Å². The van der Waals surface area contributed by atoms with Gasteiger partial charge in [0.25, 0.3) is 0 Å². The summed E-state index contributed by atoms with van der Waals surface area (Å²) < 4.78 is 5.43. The average Bonchev–Trinajstić information content (AvgIpc) is 2.52. The fourth-order valence-corrected chi connectivity index (χ4v) is 2.49. The third-order valence-electron chi connectivity index (χ3n) is 3.12. The number of hydrogen-bond acceptors (Lipinski definition) is 6. The summed E-state index contributed by atoms with van der Waals surface area (Å²) in [6.45, 7) is 3.92. The van der Waals surface area contributed by atoms with Crippen molar-refractivity contribution < 1.29 is 4.74 Å². The van der Waals surface area contributed by atoms with Gasteiger partial charge in [-0.2, -0.15) is 11.8 Å². The Bertz CT molecular complexity index is 390. The SMILES string of the molecule is CCCNc1ncnc(NCCCCCCSC)c1OC. The minimum atomic E-state index is 0.702. The van der Waals surface area contributed by atoms with E-state index in [4.69, 9.17) is 4.74 Å². The van der Waals surface area contributed by atoms with E-state index in [-0.39, 0.29) is 0 Å². The highest BCUT2D eigenvalue weighted by Crippen LogP contribution is 2.28. The Balaban J connectivity index is 2.39. The van der Waals surface area contributed by atoms with Crippen molar-refractivity contribution in [3.05, 3.63) is 6.33 Å². The summed E-state index contributed by atoms with van der Waals surface area (Å²) in [5.74, 6) is 3.50. The van der Waals surface area contributed by atoms with E-state index in [1.54, 1.807) is 13.4 Å². The summed E-state index contributed by atoms with van der Waals surface area (Å²) in [7, 11) is 1.66. The van der Waals surface area contributed by atoms with Crippen LogP contribution in [0.5, 0.6) is 5.75 Å². The van der Waals surface area contributed by atoms with E-state index < -0.39 is 0 Å². The molecular formula is C15H28N4OS. The molecular weight excluding hydrogens is 284 g/mol. The molecule has 1 aromatic heterocycles. The number of nitrogens with zero attached hydrogens (tertiary/aromatic N) is 2. The van der Waals surface area contributed by atoms with Crippen LogP contribution < -0.4 is 15.4 Å². The molecule has 0 fully saturated rings. The van der Waals surface area contributed by atoms with Crippen LogP contribution in [0.3, 0.4) is 0 Å². The molecule has 0 spiro atoms. The molecule has 0 bridgehead atoms. The molecule has 2 N–H and O–H groups in total. The maximum atomic E-state index is 5.43. The van der Waals surface area contributed by atoms with Crippen LogP contribution in [-0.2, 0) is 0 Å². The van der Waals surface area contributed by atoms with Crippen LogP contribution >= 0.6 is 11.8 Å². The van der Waals surface area contributed by atoms with Crippen LogP contribution in [0.4, 0.5) is 11.6 Å². The van der Waals surface area contributed by atoms with E-state index in [0.717, 1.165) is 37.6 Å². The second kappa shape index (κ2) is 11.5. The van der Waals surface area contributed by atoms with Gasteiger partial charge in [0.2, 0.25) is 5.75 Å². The largest absolute Gasteiger partial charge is 0.490 e. The van der Waals surface area contributed by atoms with Gasteiger partial charge >= 0.3 is 0 Å². The van der Waals surface area contributed by atoms with Crippen LogP contribution in [0.15, 0.2) is 6.33 Å². The van der Waals surface area contributed by atoms with Crippen LogP contribution in [-0.4, -0.2) is 42.2 Å². The van der Waals surface area contributed by atoms with Crippen molar-refractivity contribution in [3.63, 3.8) is 0 Å². The zero-order valence-corrected chi connectivity index (χ0v) is 14.3. The molecule has 0 aliphatic carbocycles. The van der Waals surface area contributed by atoms with Crippen molar-refractivity contribution in [2.24, 2.45) is 0 Å². The van der Waals surface area contributed by atoms with Gasteiger partial charge in [0.05, 0.1) is 7.11 Å². The van der Waals surface area contributed by atoms with Crippen LogP contribution in [0.2, 0.25) is 0 Å². The van der Waals surface area contributed by atoms with Crippen molar-refractivity contribution in [2.75, 3.05) is 42.8 Å². The predicted octanol–water partition coefficient (Wildman–Crippen LogP) is 3.64. The fourth-order valence-electron chi connectivity index (χ4n) is 1.99. The molecule has 0 atom stereocenters. The summed E-state index contributed by atoms with van der Waals surface area (Å²) in [6.07, 6.45) is 9.79. The number of nitrogens with one attached hydrogen (secondary N) is 2. The van der Waals surface area contributed by atoms with Gasteiger partial charge in [0.15, 0.2) is 11.6 Å². The molecule has 0 amide bonds. The zero-order chi connectivity index (χ0) is 15.3. The van der Waals surface area contributed by atoms with Crippen molar-refractivity contribution in [1.29, 1.82) is 0 Å². The molecule has 0 aromatic carbocycles. The number of ether oxygens (including phenoxy) is 1. The minimum Gasteiger partial charge on any atom is -0.490 e. The quantitative estimate of drug-likeness (QED) is 0.575. The second-order valence-corrected chi connectivity index (χ2v) is 5.85. The number of rotatable bonds is 12. The zero-order valence-electron chi connectivity index (χ0n) is 13.4. The summed E-state index contributed by atoms with van der Waals surface area (Å²) in [6, 6.07) is 0. The van der Waals surface area contributed by atoms with E-state index >= 15 is 0 Å². The molecule has 0 radical (unpaired) electrons. The van der Waals surface area contributed by atoms with Crippen molar-refractivity contribution in [2.45, 2.75) is 39.0 Å². The number of hydrogen-bond donors (Lipinski definition) is 2. The fraction of sp³-hybridized carbons (Fsp3) is 0.733. The Morgan fingerprint density at radius 1 is 1.05 bits per heavy atom. The van der Waals surface area contributed by atoms with Gasteiger partial charge in [-0.05, 0) is 31.3 Å². The number of aromatic nitrogens is 2. The highest BCUT2D eigenvalue weighted by atomic mass is 32.2. The average molecular weight is 312 g/mol. The summed E-state index contributed by atoms with van der Waals surface area (Å²) >= 11 is 1.92. The summed E-state index contributed by atoms with van der Waals surface area (Å²) in [4.78, 5) is 8.51. The number of anilines is 2. The lowest BCUT2D eigenvalue weighted by Crippen LogP contribution is -2.09.